The van der Waals surface area contributed by atoms with Crippen LogP contribution in [0.5, 0.6) is 0 Å². The zero-order chi connectivity index (χ0) is 24.7. The summed E-state index contributed by atoms with van der Waals surface area (Å²) in [7, 11) is 0. The van der Waals surface area contributed by atoms with Gasteiger partial charge in [-0.3, -0.25) is 9.59 Å². The number of hydrogen-bond donors (Lipinski definition) is 1. The standard InChI is InChI=1S/C27H28Cl2N2O4/c1-2-35-26(34)31-22-14-19(29)11-12-20(22)27(25(31)33)21(16-7-4-3-5-8-16)15-23(32)30-24(27)17-9-6-10-18(28)13-17/h6,9-14,16,21,24H,2-5,7-8,15H2,1H3,(H,30,32)/t21-,24+,27-/m1/s1. The van der Waals surface area contributed by atoms with Gasteiger partial charge in [-0.2, -0.15) is 0 Å². The third-order valence-electron chi connectivity index (χ3n) is 7.81. The van der Waals surface area contributed by atoms with E-state index < -0.39 is 17.6 Å². The highest BCUT2D eigenvalue weighted by Crippen LogP contribution is 2.59. The van der Waals surface area contributed by atoms with Crippen molar-refractivity contribution < 1.29 is 19.1 Å². The molecule has 184 valence electrons. The number of ether oxygens (including phenoxy) is 1. The number of imide groups is 1. The van der Waals surface area contributed by atoms with E-state index in [1.165, 1.54) is 0 Å². The summed E-state index contributed by atoms with van der Waals surface area (Å²) in [6.07, 6.45) is 4.63. The minimum atomic E-state index is -1.19. The molecule has 1 spiro atoms. The lowest BCUT2D eigenvalue weighted by molar-refractivity contribution is -0.137. The Morgan fingerprint density at radius 1 is 1.09 bits per heavy atom. The lowest BCUT2D eigenvalue weighted by Crippen LogP contribution is -2.61. The maximum atomic E-state index is 14.6. The van der Waals surface area contributed by atoms with Crippen molar-refractivity contribution in [1.82, 2.24) is 5.32 Å². The molecule has 2 aromatic carbocycles. The fourth-order valence-corrected chi connectivity index (χ4v) is 6.84. The lowest BCUT2D eigenvalue weighted by Gasteiger charge is -2.50. The molecule has 1 saturated heterocycles. The van der Waals surface area contributed by atoms with Gasteiger partial charge in [0.1, 0.15) is 5.41 Å². The molecule has 1 saturated carbocycles. The van der Waals surface area contributed by atoms with Crippen LogP contribution in [0.4, 0.5) is 10.5 Å². The fraction of sp³-hybridized carbons (Fsp3) is 0.444. The van der Waals surface area contributed by atoms with Gasteiger partial charge in [-0.1, -0.05) is 73.5 Å². The summed E-state index contributed by atoms with van der Waals surface area (Å²) in [5.74, 6) is -0.596. The number of halogens is 2. The van der Waals surface area contributed by atoms with Gasteiger partial charge < -0.3 is 10.1 Å². The average molecular weight is 515 g/mol. The molecule has 8 heteroatoms. The Morgan fingerprint density at radius 2 is 1.83 bits per heavy atom. The summed E-state index contributed by atoms with van der Waals surface area (Å²) < 4.78 is 5.30. The number of nitrogens with one attached hydrogen (secondary N) is 1. The minimum absolute atomic E-state index is 0.103. The van der Waals surface area contributed by atoms with E-state index in [-0.39, 0.29) is 36.7 Å². The Kier molecular flexibility index (Phi) is 6.53. The van der Waals surface area contributed by atoms with Crippen LogP contribution in [0.15, 0.2) is 42.5 Å². The zero-order valence-corrected chi connectivity index (χ0v) is 21.1. The van der Waals surface area contributed by atoms with E-state index in [2.05, 4.69) is 5.32 Å². The van der Waals surface area contributed by atoms with E-state index >= 15 is 0 Å². The SMILES string of the molecule is CCOC(=O)N1C(=O)[C@]2(c3ccc(Cl)cc31)[C@@H](C1CCCCC1)CC(=O)N[C@H]2c1cccc(Cl)c1. The van der Waals surface area contributed by atoms with Gasteiger partial charge in [0.25, 0.3) is 0 Å². The maximum absolute atomic E-state index is 14.6. The van der Waals surface area contributed by atoms with E-state index in [0.717, 1.165) is 42.6 Å². The molecule has 6 nitrogen and oxygen atoms in total. The van der Waals surface area contributed by atoms with E-state index in [0.29, 0.717) is 21.3 Å². The number of carbonyl (C=O) groups is 3. The zero-order valence-electron chi connectivity index (χ0n) is 19.6. The van der Waals surface area contributed by atoms with Crippen LogP contribution in [0.3, 0.4) is 0 Å². The van der Waals surface area contributed by atoms with E-state index in [9.17, 15) is 14.4 Å². The monoisotopic (exact) mass is 514 g/mol. The molecular formula is C27H28Cl2N2O4. The van der Waals surface area contributed by atoms with Gasteiger partial charge in [0.15, 0.2) is 0 Å². The molecule has 0 bridgehead atoms. The number of nitrogens with zero attached hydrogens (tertiary/aromatic N) is 1. The molecule has 0 radical (unpaired) electrons. The summed E-state index contributed by atoms with van der Waals surface area (Å²) in [6.45, 7) is 1.83. The number of amides is 3. The highest BCUT2D eigenvalue weighted by molar-refractivity contribution is 6.32. The van der Waals surface area contributed by atoms with Gasteiger partial charge in [0, 0.05) is 16.5 Å². The topological polar surface area (TPSA) is 75.7 Å². The number of carbonyl (C=O) groups excluding carboxylic acids is 3. The highest BCUT2D eigenvalue weighted by atomic mass is 35.5. The van der Waals surface area contributed by atoms with Gasteiger partial charge in [-0.25, -0.2) is 9.69 Å². The van der Waals surface area contributed by atoms with Crippen molar-refractivity contribution in [1.29, 1.82) is 0 Å². The molecule has 1 aliphatic carbocycles. The van der Waals surface area contributed by atoms with E-state index in [1.54, 1.807) is 31.2 Å². The molecule has 2 aliphatic heterocycles. The fourth-order valence-electron chi connectivity index (χ4n) is 6.47. The number of benzene rings is 2. The average Bonchev–Trinajstić information content (AvgIpc) is 3.09. The van der Waals surface area contributed by atoms with Crippen LogP contribution in [0.1, 0.15) is 62.6 Å². The first-order valence-corrected chi connectivity index (χ1v) is 13.0. The summed E-state index contributed by atoms with van der Waals surface area (Å²) in [5.41, 5.74) is 0.657. The number of piperidine rings is 1. The first-order valence-electron chi connectivity index (χ1n) is 12.2. The van der Waals surface area contributed by atoms with Gasteiger partial charge >= 0.3 is 6.09 Å². The van der Waals surface area contributed by atoms with Crippen molar-refractivity contribution >= 4 is 46.8 Å². The minimum Gasteiger partial charge on any atom is -0.449 e. The van der Waals surface area contributed by atoms with Crippen molar-refractivity contribution in [3.8, 4) is 0 Å². The Labute approximate surface area is 214 Å². The van der Waals surface area contributed by atoms with Crippen LogP contribution in [0.2, 0.25) is 10.0 Å². The molecule has 3 amide bonds. The van der Waals surface area contributed by atoms with Gasteiger partial charge in [0.2, 0.25) is 11.8 Å². The number of rotatable bonds is 3. The number of hydrogen-bond acceptors (Lipinski definition) is 4. The normalized spacial score (nSPS) is 26.5. The summed E-state index contributed by atoms with van der Waals surface area (Å²) in [5, 5.41) is 4.03. The second-order valence-corrected chi connectivity index (χ2v) is 10.5. The van der Waals surface area contributed by atoms with Gasteiger partial charge in [0.05, 0.1) is 18.3 Å². The molecule has 0 unspecified atom stereocenters. The molecule has 35 heavy (non-hydrogen) atoms. The first-order chi connectivity index (χ1) is 16.9. The van der Waals surface area contributed by atoms with Crippen LogP contribution in [0, 0.1) is 11.8 Å². The van der Waals surface area contributed by atoms with Crippen molar-refractivity contribution in [2.24, 2.45) is 11.8 Å². The molecule has 3 aliphatic rings. The molecule has 2 aromatic rings. The summed E-state index contributed by atoms with van der Waals surface area (Å²) in [6, 6.07) is 11.8. The van der Waals surface area contributed by atoms with Crippen LogP contribution in [-0.2, 0) is 19.7 Å². The predicted molar refractivity (Wildman–Crippen MR) is 135 cm³/mol. The molecule has 1 N–H and O–H groups in total. The molecule has 2 heterocycles. The number of fused-ring (bicyclic) bond motifs is 2. The Hall–Kier alpha value is -2.57. The summed E-state index contributed by atoms with van der Waals surface area (Å²) >= 11 is 12.7. The van der Waals surface area contributed by atoms with Crippen molar-refractivity contribution in [2.75, 3.05) is 11.5 Å². The molecule has 2 fully saturated rings. The van der Waals surface area contributed by atoms with Crippen LogP contribution in [-0.4, -0.2) is 24.5 Å². The largest absolute Gasteiger partial charge is 0.449 e. The van der Waals surface area contributed by atoms with Crippen LogP contribution >= 0.6 is 23.2 Å². The molecule has 3 atom stereocenters. The predicted octanol–water partition coefficient (Wildman–Crippen LogP) is 6.19. The Balaban J connectivity index is 1.78. The highest BCUT2D eigenvalue weighted by Gasteiger charge is 2.65. The Morgan fingerprint density at radius 3 is 2.54 bits per heavy atom. The molecule has 5 rings (SSSR count). The lowest BCUT2D eigenvalue weighted by atomic mass is 9.56. The van der Waals surface area contributed by atoms with Crippen LogP contribution < -0.4 is 10.2 Å². The second-order valence-electron chi connectivity index (χ2n) is 9.63. The third-order valence-corrected chi connectivity index (χ3v) is 8.28. The maximum Gasteiger partial charge on any atom is 0.421 e. The summed E-state index contributed by atoms with van der Waals surface area (Å²) in [4.78, 5) is 42.0. The number of anilines is 1. The van der Waals surface area contributed by atoms with Crippen LogP contribution in [0.25, 0.3) is 0 Å². The molecule has 0 aromatic heterocycles. The van der Waals surface area contributed by atoms with Gasteiger partial charge in [-0.05, 0) is 54.2 Å². The first kappa shape index (κ1) is 24.1. The van der Waals surface area contributed by atoms with Crippen molar-refractivity contribution in [3.05, 3.63) is 63.6 Å². The van der Waals surface area contributed by atoms with Gasteiger partial charge in [-0.15, -0.1) is 0 Å². The Bertz CT molecular complexity index is 1180. The second kappa shape index (κ2) is 9.47. The van der Waals surface area contributed by atoms with Crippen molar-refractivity contribution in [3.63, 3.8) is 0 Å². The molecular weight excluding hydrogens is 487 g/mol. The van der Waals surface area contributed by atoms with Crippen molar-refractivity contribution in [2.45, 2.75) is 56.9 Å². The van der Waals surface area contributed by atoms with E-state index in [1.807, 2.05) is 18.2 Å². The quantitative estimate of drug-likeness (QED) is 0.529. The smallest absolute Gasteiger partial charge is 0.421 e. The van der Waals surface area contributed by atoms with E-state index in [4.69, 9.17) is 27.9 Å². The third kappa shape index (κ3) is 3.91.